The molecule has 232 valence electrons. The summed E-state index contributed by atoms with van der Waals surface area (Å²) in [6.45, 7) is 0. The Balaban J connectivity index is 1.30. The van der Waals surface area contributed by atoms with Crippen LogP contribution in [0, 0.1) is 0 Å². The molecule has 0 bridgehead atoms. The van der Waals surface area contributed by atoms with Crippen LogP contribution in [0.5, 0.6) is 0 Å². The molecule has 2 nitrogen and oxygen atoms in total. The fourth-order valence-electron chi connectivity index (χ4n) is 7.65. The molecule has 0 saturated heterocycles. The highest BCUT2D eigenvalue weighted by Crippen LogP contribution is 2.45. The molecule has 1 heterocycles. The summed E-state index contributed by atoms with van der Waals surface area (Å²) < 4.78 is 0. The highest BCUT2D eigenvalue weighted by Gasteiger charge is 2.19. The zero-order valence-electron chi connectivity index (χ0n) is 27.2. The summed E-state index contributed by atoms with van der Waals surface area (Å²) >= 11 is 0. The van der Waals surface area contributed by atoms with Gasteiger partial charge in [0.15, 0.2) is 5.82 Å². The fourth-order valence-corrected chi connectivity index (χ4v) is 7.65. The first kappa shape index (κ1) is 28.4. The number of aromatic nitrogens is 2. The summed E-state index contributed by atoms with van der Waals surface area (Å²) in [6, 6.07) is 65.3. The first-order chi connectivity index (χ1) is 24.8. The van der Waals surface area contributed by atoms with Gasteiger partial charge in [-0.3, -0.25) is 0 Å². The number of para-hydroxylation sites is 1. The number of benzene rings is 9. The summed E-state index contributed by atoms with van der Waals surface area (Å²) in [5, 5.41) is 10.8. The maximum absolute atomic E-state index is 5.26. The van der Waals surface area contributed by atoms with Gasteiger partial charge in [-0.05, 0) is 89.6 Å². The number of hydrogen-bond acceptors (Lipinski definition) is 2. The van der Waals surface area contributed by atoms with Crippen LogP contribution in [0.2, 0.25) is 0 Å². The molecule has 0 aliphatic rings. The van der Waals surface area contributed by atoms with Crippen LogP contribution in [0.1, 0.15) is 0 Å². The SMILES string of the molecule is c1ccc(-c2nc(-c3ccc4c(-c5ccc6ccccc6c5)c5ccccc5c(-c5ccc6ccccc6c5)c4c3)nc3ccccc23)cc1. The molecule has 9 aromatic carbocycles. The van der Waals surface area contributed by atoms with E-state index in [0.29, 0.717) is 5.82 Å². The van der Waals surface area contributed by atoms with Crippen LogP contribution in [-0.2, 0) is 0 Å². The van der Waals surface area contributed by atoms with Gasteiger partial charge in [-0.1, -0.05) is 158 Å². The summed E-state index contributed by atoms with van der Waals surface area (Å²) in [5.74, 6) is 0.717. The van der Waals surface area contributed by atoms with Gasteiger partial charge in [0.1, 0.15) is 0 Å². The molecule has 0 atom stereocenters. The Kier molecular flexibility index (Phi) is 6.53. The van der Waals surface area contributed by atoms with E-state index in [9.17, 15) is 0 Å². The number of fused-ring (bicyclic) bond motifs is 5. The lowest BCUT2D eigenvalue weighted by Crippen LogP contribution is -1.96. The topological polar surface area (TPSA) is 25.8 Å². The molecule has 50 heavy (non-hydrogen) atoms. The third-order valence-electron chi connectivity index (χ3n) is 10.0. The van der Waals surface area contributed by atoms with Crippen LogP contribution in [0.4, 0.5) is 0 Å². The Morgan fingerprint density at radius 2 is 0.780 bits per heavy atom. The van der Waals surface area contributed by atoms with Crippen molar-refractivity contribution in [3.05, 3.63) is 182 Å². The van der Waals surface area contributed by atoms with Crippen molar-refractivity contribution in [2.75, 3.05) is 0 Å². The second-order valence-electron chi connectivity index (χ2n) is 13.0. The average molecular weight is 635 g/mol. The molecular formula is C48H30N2. The van der Waals surface area contributed by atoms with Crippen molar-refractivity contribution in [3.8, 4) is 44.9 Å². The summed E-state index contributed by atoms with van der Waals surface area (Å²) in [5.41, 5.74) is 8.79. The first-order valence-corrected chi connectivity index (χ1v) is 17.1. The minimum atomic E-state index is 0.717. The predicted molar refractivity (Wildman–Crippen MR) is 211 cm³/mol. The average Bonchev–Trinajstić information content (AvgIpc) is 3.19. The van der Waals surface area contributed by atoms with E-state index in [4.69, 9.17) is 9.97 Å². The van der Waals surface area contributed by atoms with E-state index in [2.05, 4.69) is 170 Å². The maximum atomic E-state index is 5.26. The van der Waals surface area contributed by atoms with Crippen LogP contribution < -0.4 is 0 Å². The van der Waals surface area contributed by atoms with Gasteiger partial charge in [-0.2, -0.15) is 0 Å². The summed E-state index contributed by atoms with van der Waals surface area (Å²) in [6.07, 6.45) is 0. The molecule has 10 rings (SSSR count). The molecule has 0 fully saturated rings. The zero-order valence-corrected chi connectivity index (χ0v) is 27.2. The molecule has 1 aromatic heterocycles. The second-order valence-corrected chi connectivity index (χ2v) is 13.0. The number of nitrogens with zero attached hydrogens (tertiary/aromatic N) is 2. The molecule has 0 amide bonds. The molecule has 0 N–H and O–H groups in total. The molecule has 0 spiro atoms. The molecule has 0 unspecified atom stereocenters. The highest BCUT2D eigenvalue weighted by molar-refractivity contribution is 6.22. The Labute approximate surface area is 290 Å². The maximum Gasteiger partial charge on any atom is 0.160 e. The third-order valence-corrected chi connectivity index (χ3v) is 10.0. The van der Waals surface area contributed by atoms with Gasteiger partial charge >= 0.3 is 0 Å². The highest BCUT2D eigenvalue weighted by atomic mass is 14.9. The van der Waals surface area contributed by atoms with E-state index in [1.807, 2.05) is 12.1 Å². The van der Waals surface area contributed by atoms with Crippen LogP contribution in [-0.4, -0.2) is 9.97 Å². The second kappa shape index (κ2) is 11.5. The van der Waals surface area contributed by atoms with Gasteiger partial charge in [0, 0.05) is 16.5 Å². The van der Waals surface area contributed by atoms with E-state index < -0.39 is 0 Å². The van der Waals surface area contributed by atoms with Gasteiger partial charge in [-0.25, -0.2) is 9.97 Å². The fraction of sp³-hybridized carbons (Fsp3) is 0. The standard InChI is InChI=1S/C48H30N2/c1-2-14-33(15-3-1)47-42-20-10-11-21-44(42)49-48(50-47)38-26-27-41-43(30-38)46(37-25-23-32-13-5-7-17-35(32)29-37)40-19-9-8-18-39(40)45(41)36-24-22-31-12-4-6-16-34(31)28-36/h1-30H. The Morgan fingerprint density at radius 3 is 1.44 bits per heavy atom. The Bertz CT molecular complexity index is 2920. The Hall–Kier alpha value is -6.64. The monoisotopic (exact) mass is 634 g/mol. The van der Waals surface area contributed by atoms with E-state index in [1.165, 1.54) is 65.3 Å². The smallest absolute Gasteiger partial charge is 0.160 e. The predicted octanol–water partition coefficient (Wildman–Crippen LogP) is 12.9. The van der Waals surface area contributed by atoms with Crippen molar-refractivity contribution in [1.82, 2.24) is 9.97 Å². The molecular weight excluding hydrogens is 605 g/mol. The van der Waals surface area contributed by atoms with E-state index in [0.717, 1.165) is 27.7 Å². The normalized spacial score (nSPS) is 11.6. The van der Waals surface area contributed by atoms with Crippen molar-refractivity contribution in [3.63, 3.8) is 0 Å². The van der Waals surface area contributed by atoms with Crippen molar-refractivity contribution in [1.29, 1.82) is 0 Å². The lowest BCUT2D eigenvalue weighted by atomic mass is 9.84. The van der Waals surface area contributed by atoms with Crippen LogP contribution in [0.3, 0.4) is 0 Å². The zero-order chi connectivity index (χ0) is 33.0. The third kappa shape index (κ3) is 4.65. The molecule has 10 aromatic rings. The first-order valence-electron chi connectivity index (χ1n) is 17.1. The van der Waals surface area contributed by atoms with Crippen LogP contribution in [0.15, 0.2) is 182 Å². The van der Waals surface area contributed by atoms with Crippen molar-refractivity contribution in [2.45, 2.75) is 0 Å². The van der Waals surface area contributed by atoms with Crippen molar-refractivity contribution in [2.24, 2.45) is 0 Å². The molecule has 2 heteroatoms. The molecule has 0 aliphatic heterocycles. The lowest BCUT2D eigenvalue weighted by molar-refractivity contribution is 1.23. The van der Waals surface area contributed by atoms with E-state index >= 15 is 0 Å². The van der Waals surface area contributed by atoms with Crippen molar-refractivity contribution < 1.29 is 0 Å². The molecule has 0 saturated carbocycles. The van der Waals surface area contributed by atoms with Gasteiger partial charge in [0.25, 0.3) is 0 Å². The van der Waals surface area contributed by atoms with Gasteiger partial charge in [0.05, 0.1) is 11.2 Å². The van der Waals surface area contributed by atoms with Gasteiger partial charge in [-0.15, -0.1) is 0 Å². The van der Waals surface area contributed by atoms with Crippen LogP contribution >= 0.6 is 0 Å². The molecule has 0 radical (unpaired) electrons. The number of rotatable bonds is 4. The largest absolute Gasteiger partial charge is 0.228 e. The van der Waals surface area contributed by atoms with E-state index in [1.54, 1.807) is 0 Å². The minimum absolute atomic E-state index is 0.717. The quantitative estimate of drug-likeness (QED) is 0.180. The lowest BCUT2D eigenvalue weighted by Gasteiger charge is -2.19. The number of hydrogen-bond donors (Lipinski definition) is 0. The minimum Gasteiger partial charge on any atom is -0.228 e. The van der Waals surface area contributed by atoms with Crippen molar-refractivity contribution >= 4 is 54.0 Å². The van der Waals surface area contributed by atoms with E-state index in [-0.39, 0.29) is 0 Å². The summed E-state index contributed by atoms with van der Waals surface area (Å²) in [4.78, 5) is 10.4. The van der Waals surface area contributed by atoms with Gasteiger partial charge in [0.2, 0.25) is 0 Å². The summed E-state index contributed by atoms with van der Waals surface area (Å²) in [7, 11) is 0. The van der Waals surface area contributed by atoms with Gasteiger partial charge < -0.3 is 0 Å². The molecule has 0 aliphatic carbocycles. The Morgan fingerprint density at radius 1 is 0.280 bits per heavy atom. The van der Waals surface area contributed by atoms with Crippen LogP contribution in [0.25, 0.3) is 98.9 Å².